The van der Waals surface area contributed by atoms with Gasteiger partial charge in [0.25, 0.3) is 5.56 Å². The van der Waals surface area contributed by atoms with Crippen molar-refractivity contribution in [2.24, 2.45) is 0 Å². The Morgan fingerprint density at radius 3 is 2.83 bits per heavy atom. The number of fused-ring (bicyclic) bond motifs is 1. The van der Waals surface area contributed by atoms with Crippen LogP contribution in [0, 0.1) is 13.8 Å². The first kappa shape index (κ1) is 15.2. The van der Waals surface area contributed by atoms with Crippen LogP contribution in [0.4, 0.5) is 0 Å². The predicted molar refractivity (Wildman–Crippen MR) is 97.2 cm³/mol. The van der Waals surface area contributed by atoms with E-state index in [0.29, 0.717) is 11.7 Å². The Kier molecular flexibility index (Phi) is 3.78. The topological polar surface area (TPSA) is 79.4 Å². The average Bonchev–Trinajstić information content (AvgIpc) is 3.23. The molecule has 122 valence electrons. The van der Waals surface area contributed by atoms with Crippen molar-refractivity contribution < 1.29 is 0 Å². The van der Waals surface area contributed by atoms with Crippen LogP contribution in [0.2, 0.25) is 0 Å². The van der Waals surface area contributed by atoms with Crippen molar-refractivity contribution in [1.82, 2.24) is 24.7 Å². The molecule has 2 N–H and O–H groups in total. The second-order valence-electron chi connectivity index (χ2n) is 5.44. The van der Waals surface area contributed by atoms with Gasteiger partial charge in [-0.3, -0.25) is 9.89 Å². The second-order valence-corrected chi connectivity index (χ2v) is 7.87. The smallest absolute Gasteiger partial charge is 0.274 e. The zero-order valence-corrected chi connectivity index (χ0v) is 14.8. The Hall–Kier alpha value is -2.32. The molecule has 0 fully saturated rings. The van der Waals surface area contributed by atoms with Crippen molar-refractivity contribution in [2.75, 3.05) is 0 Å². The number of aromatic nitrogens is 5. The van der Waals surface area contributed by atoms with Crippen LogP contribution in [-0.2, 0) is 5.75 Å². The summed E-state index contributed by atoms with van der Waals surface area (Å²) in [4.78, 5) is 25.6. The highest BCUT2D eigenvalue weighted by Crippen LogP contribution is 2.28. The first-order chi connectivity index (χ1) is 11.6. The van der Waals surface area contributed by atoms with Crippen LogP contribution >= 0.6 is 23.1 Å². The number of para-hydroxylation sites is 2. The van der Waals surface area contributed by atoms with Crippen LogP contribution in [0.5, 0.6) is 0 Å². The first-order valence-electron chi connectivity index (χ1n) is 7.43. The van der Waals surface area contributed by atoms with Gasteiger partial charge in [0.05, 0.1) is 16.7 Å². The average molecular weight is 357 g/mol. The number of imidazole rings is 1. The van der Waals surface area contributed by atoms with E-state index in [9.17, 15) is 4.79 Å². The number of aromatic amines is 2. The summed E-state index contributed by atoms with van der Waals surface area (Å²) in [6.07, 6.45) is 0. The molecule has 0 radical (unpaired) electrons. The van der Waals surface area contributed by atoms with Gasteiger partial charge in [-0.1, -0.05) is 23.9 Å². The molecule has 0 saturated carbocycles. The van der Waals surface area contributed by atoms with Gasteiger partial charge in [-0.15, -0.1) is 11.3 Å². The van der Waals surface area contributed by atoms with Gasteiger partial charge in [0.15, 0.2) is 4.34 Å². The summed E-state index contributed by atoms with van der Waals surface area (Å²) in [5.41, 5.74) is 3.51. The summed E-state index contributed by atoms with van der Waals surface area (Å²) in [6.45, 7) is 4.08. The Labute approximate surface area is 146 Å². The third-order valence-corrected chi connectivity index (χ3v) is 5.99. The fraction of sp³-hybridized carbons (Fsp3) is 0.188. The van der Waals surface area contributed by atoms with Crippen molar-refractivity contribution in [1.29, 1.82) is 0 Å². The van der Waals surface area contributed by atoms with Crippen LogP contribution < -0.4 is 5.56 Å². The molecule has 6 nitrogen and oxygen atoms in total. The molecule has 3 heterocycles. The highest BCUT2D eigenvalue weighted by Gasteiger charge is 2.11. The molecular weight excluding hydrogens is 342 g/mol. The molecule has 0 aliphatic heterocycles. The second kappa shape index (κ2) is 5.95. The monoisotopic (exact) mass is 357 g/mol. The Balaban J connectivity index is 1.58. The molecular formula is C16H15N5OS2. The van der Waals surface area contributed by atoms with E-state index in [2.05, 4.69) is 27.0 Å². The molecule has 0 saturated heterocycles. The molecule has 4 aromatic rings. The number of hydrogen-bond acceptors (Lipinski definition) is 5. The Morgan fingerprint density at radius 2 is 2.08 bits per heavy atom. The van der Waals surface area contributed by atoms with Gasteiger partial charge in [0.2, 0.25) is 5.95 Å². The number of rotatable bonds is 4. The first-order valence-corrected chi connectivity index (χ1v) is 9.23. The van der Waals surface area contributed by atoms with Gasteiger partial charge in [0.1, 0.15) is 0 Å². The van der Waals surface area contributed by atoms with Crippen molar-refractivity contribution in [3.8, 4) is 5.95 Å². The van der Waals surface area contributed by atoms with E-state index >= 15 is 0 Å². The predicted octanol–water partition coefficient (Wildman–Crippen LogP) is 3.41. The summed E-state index contributed by atoms with van der Waals surface area (Å²) in [6, 6.07) is 9.30. The van der Waals surface area contributed by atoms with E-state index in [4.69, 9.17) is 0 Å². The fourth-order valence-electron chi connectivity index (χ4n) is 2.37. The lowest BCUT2D eigenvalue weighted by Gasteiger charge is -1.97. The molecule has 0 aliphatic rings. The van der Waals surface area contributed by atoms with E-state index in [1.807, 2.05) is 31.2 Å². The Morgan fingerprint density at radius 1 is 1.25 bits per heavy atom. The van der Waals surface area contributed by atoms with E-state index in [1.165, 1.54) is 9.56 Å². The van der Waals surface area contributed by atoms with E-state index in [0.717, 1.165) is 26.8 Å². The van der Waals surface area contributed by atoms with Gasteiger partial charge in [0, 0.05) is 22.4 Å². The molecule has 3 aromatic heterocycles. The SMILES string of the molecule is Cc1nc(SCc2cc(=O)n(-c3nc4ccccc4[nH]3)[nH]2)sc1C. The van der Waals surface area contributed by atoms with E-state index in [-0.39, 0.29) is 5.56 Å². The van der Waals surface area contributed by atoms with Crippen LogP contribution in [0.15, 0.2) is 39.5 Å². The van der Waals surface area contributed by atoms with E-state index in [1.54, 1.807) is 29.2 Å². The number of benzene rings is 1. The summed E-state index contributed by atoms with van der Waals surface area (Å²) in [7, 11) is 0. The van der Waals surface area contributed by atoms with Crippen LogP contribution in [0.1, 0.15) is 16.3 Å². The zero-order valence-electron chi connectivity index (χ0n) is 13.2. The van der Waals surface area contributed by atoms with Gasteiger partial charge >= 0.3 is 0 Å². The summed E-state index contributed by atoms with van der Waals surface area (Å²) in [5.74, 6) is 1.16. The minimum Gasteiger partial charge on any atom is -0.322 e. The molecule has 0 atom stereocenters. The lowest BCUT2D eigenvalue weighted by molar-refractivity contribution is 0.789. The lowest BCUT2D eigenvalue weighted by atomic mass is 10.3. The maximum Gasteiger partial charge on any atom is 0.274 e. The molecule has 0 unspecified atom stereocenters. The van der Waals surface area contributed by atoms with Crippen LogP contribution in [0.3, 0.4) is 0 Å². The van der Waals surface area contributed by atoms with Crippen molar-refractivity contribution in [3.63, 3.8) is 0 Å². The van der Waals surface area contributed by atoms with Crippen molar-refractivity contribution in [3.05, 3.63) is 57.0 Å². The van der Waals surface area contributed by atoms with Gasteiger partial charge in [-0.25, -0.2) is 9.97 Å². The number of thiazole rings is 1. The molecule has 8 heteroatoms. The zero-order chi connectivity index (χ0) is 16.7. The number of hydrogen-bond donors (Lipinski definition) is 2. The highest BCUT2D eigenvalue weighted by atomic mass is 32.2. The van der Waals surface area contributed by atoms with Gasteiger partial charge < -0.3 is 4.98 Å². The van der Waals surface area contributed by atoms with Gasteiger partial charge in [-0.2, -0.15) is 4.68 Å². The molecule has 0 spiro atoms. The number of nitrogens with one attached hydrogen (secondary N) is 2. The standard InChI is InChI=1S/C16H15N5OS2/c1-9-10(2)24-16(17-9)23-8-11-7-14(22)21(20-11)15-18-12-5-3-4-6-13(12)19-15/h3-7,20H,8H2,1-2H3,(H,18,19). The third-order valence-electron chi connectivity index (χ3n) is 3.72. The minimum atomic E-state index is -0.129. The summed E-state index contributed by atoms with van der Waals surface area (Å²) < 4.78 is 2.45. The number of aryl methyl sites for hydroxylation is 2. The number of nitrogens with zero attached hydrogens (tertiary/aromatic N) is 3. The quantitative estimate of drug-likeness (QED) is 0.549. The van der Waals surface area contributed by atoms with Crippen molar-refractivity contribution in [2.45, 2.75) is 23.9 Å². The highest BCUT2D eigenvalue weighted by molar-refractivity contribution is 8.00. The van der Waals surface area contributed by atoms with Crippen LogP contribution in [-0.4, -0.2) is 24.7 Å². The maximum absolute atomic E-state index is 12.2. The van der Waals surface area contributed by atoms with Crippen LogP contribution in [0.25, 0.3) is 17.0 Å². The van der Waals surface area contributed by atoms with E-state index < -0.39 is 0 Å². The molecule has 24 heavy (non-hydrogen) atoms. The molecule has 0 bridgehead atoms. The molecule has 4 rings (SSSR count). The summed E-state index contributed by atoms with van der Waals surface area (Å²) in [5, 5.41) is 3.12. The number of thioether (sulfide) groups is 1. The third kappa shape index (κ3) is 2.78. The number of H-pyrrole nitrogens is 2. The largest absolute Gasteiger partial charge is 0.322 e. The maximum atomic E-state index is 12.2. The summed E-state index contributed by atoms with van der Waals surface area (Å²) >= 11 is 3.30. The molecule has 0 amide bonds. The fourth-order valence-corrected chi connectivity index (χ4v) is 4.42. The van der Waals surface area contributed by atoms with Crippen molar-refractivity contribution >= 4 is 34.1 Å². The molecule has 0 aliphatic carbocycles. The lowest BCUT2D eigenvalue weighted by Crippen LogP contribution is -2.14. The van der Waals surface area contributed by atoms with Gasteiger partial charge in [-0.05, 0) is 26.0 Å². The molecule has 1 aromatic carbocycles. The Bertz CT molecular complexity index is 1020. The normalized spacial score (nSPS) is 11.4. The minimum absolute atomic E-state index is 0.129.